The maximum absolute atomic E-state index is 13.8. The van der Waals surface area contributed by atoms with Crippen molar-refractivity contribution in [3.05, 3.63) is 106 Å². The zero-order chi connectivity index (χ0) is 27.7. The van der Waals surface area contributed by atoms with Crippen molar-refractivity contribution >= 4 is 17.5 Å². The number of aliphatic hydroxyl groups is 1. The summed E-state index contributed by atoms with van der Waals surface area (Å²) in [5.74, 6) is -1.18. The lowest BCUT2D eigenvalue weighted by atomic mass is 9.94. The number of nitrogens with zero attached hydrogens (tertiary/aromatic N) is 4. The second-order valence-electron chi connectivity index (χ2n) is 9.95. The van der Waals surface area contributed by atoms with Crippen LogP contribution < -0.4 is 5.32 Å². The number of carbonyl (C=O) groups excluding carboxylic acids is 2. The summed E-state index contributed by atoms with van der Waals surface area (Å²) in [7, 11) is 0. The molecule has 2 amide bonds. The Morgan fingerprint density at radius 2 is 2.10 bits per heavy atom. The normalized spacial score (nSPS) is 16.8. The summed E-state index contributed by atoms with van der Waals surface area (Å²) < 4.78 is 15.4. The van der Waals surface area contributed by atoms with Crippen LogP contribution in [0.4, 0.5) is 10.1 Å². The lowest BCUT2D eigenvalue weighted by molar-refractivity contribution is -0.128. The van der Waals surface area contributed by atoms with E-state index < -0.39 is 17.8 Å². The number of nitriles is 1. The summed E-state index contributed by atoms with van der Waals surface area (Å²) in [6.45, 7) is 4.44. The van der Waals surface area contributed by atoms with Crippen molar-refractivity contribution < 1.29 is 19.1 Å². The monoisotopic (exact) mass is 525 g/mol. The summed E-state index contributed by atoms with van der Waals surface area (Å²) in [4.78, 5) is 28.5. The number of halogens is 1. The lowest BCUT2D eigenvalue weighted by Gasteiger charge is -2.32. The number of amides is 2. The van der Waals surface area contributed by atoms with Crippen molar-refractivity contribution in [1.82, 2.24) is 14.7 Å². The molecule has 0 spiro atoms. The van der Waals surface area contributed by atoms with E-state index in [4.69, 9.17) is 0 Å². The first-order valence-corrected chi connectivity index (χ1v) is 12.8. The van der Waals surface area contributed by atoms with E-state index in [9.17, 15) is 24.3 Å². The minimum Gasteiger partial charge on any atom is -0.389 e. The van der Waals surface area contributed by atoms with Gasteiger partial charge in [-0.05, 0) is 48.7 Å². The molecule has 2 aliphatic rings. The number of rotatable bonds is 6. The van der Waals surface area contributed by atoms with Gasteiger partial charge in [-0.15, -0.1) is 0 Å². The standard InChI is InChI=1S/C30H28FN5O3/c1-18-15-35(30(39)20-6-3-4-7-20)17-26-27(29(38)33-25-9-5-8-21(13-25)19(2)37)34-36(28(18)26)16-22-10-11-24(31)12-23(22)14-32/h3-6,8-13,18-19,37H,7,15-17H2,1-2H3,(H,33,38)/t18?,19-/m0/s1. The van der Waals surface area contributed by atoms with Crippen molar-refractivity contribution in [2.75, 3.05) is 11.9 Å². The average Bonchev–Trinajstić information content (AvgIpc) is 3.58. The molecule has 9 heteroatoms. The highest BCUT2D eigenvalue weighted by atomic mass is 19.1. The zero-order valence-corrected chi connectivity index (χ0v) is 21.7. The first-order chi connectivity index (χ1) is 18.7. The van der Waals surface area contributed by atoms with Crippen LogP contribution >= 0.6 is 0 Å². The van der Waals surface area contributed by atoms with Crippen molar-refractivity contribution in [2.24, 2.45) is 0 Å². The highest BCUT2D eigenvalue weighted by molar-refractivity contribution is 6.04. The van der Waals surface area contributed by atoms with Gasteiger partial charge in [0.05, 0.1) is 30.8 Å². The molecule has 2 N–H and O–H groups in total. The molecule has 0 radical (unpaired) electrons. The largest absolute Gasteiger partial charge is 0.389 e. The predicted molar refractivity (Wildman–Crippen MR) is 143 cm³/mol. The summed E-state index contributed by atoms with van der Waals surface area (Å²) in [6.07, 6.45) is 5.48. The highest BCUT2D eigenvalue weighted by Crippen LogP contribution is 2.33. The fraction of sp³-hybridized carbons (Fsp3) is 0.267. The van der Waals surface area contributed by atoms with Crippen molar-refractivity contribution in [1.29, 1.82) is 5.26 Å². The lowest BCUT2D eigenvalue weighted by Crippen LogP contribution is -2.39. The summed E-state index contributed by atoms with van der Waals surface area (Å²) in [6, 6.07) is 13.0. The van der Waals surface area contributed by atoms with E-state index in [0.717, 1.165) is 5.69 Å². The first kappa shape index (κ1) is 26.1. The van der Waals surface area contributed by atoms with Gasteiger partial charge < -0.3 is 15.3 Å². The van der Waals surface area contributed by atoms with Crippen LogP contribution in [0.1, 0.15) is 70.7 Å². The number of hydrogen-bond acceptors (Lipinski definition) is 5. The van der Waals surface area contributed by atoms with E-state index in [1.807, 2.05) is 31.2 Å². The Balaban J connectivity index is 1.53. The van der Waals surface area contributed by atoms with Gasteiger partial charge in [-0.3, -0.25) is 14.3 Å². The Hall–Kier alpha value is -4.55. The maximum atomic E-state index is 13.8. The Labute approximate surface area is 225 Å². The molecule has 0 saturated heterocycles. The van der Waals surface area contributed by atoms with Gasteiger partial charge in [0.1, 0.15) is 5.82 Å². The maximum Gasteiger partial charge on any atom is 0.276 e. The smallest absolute Gasteiger partial charge is 0.276 e. The number of benzene rings is 2. The molecule has 0 bridgehead atoms. The molecular weight excluding hydrogens is 497 g/mol. The van der Waals surface area contributed by atoms with Crippen molar-refractivity contribution in [2.45, 2.75) is 45.4 Å². The average molecular weight is 526 g/mol. The number of fused-ring (bicyclic) bond motifs is 1. The van der Waals surface area contributed by atoms with Gasteiger partial charge >= 0.3 is 0 Å². The number of anilines is 1. The molecular formula is C30H28FN5O3. The topological polar surface area (TPSA) is 111 Å². The second-order valence-corrected chi connectivity index (χ2v) is 9.95. The SMILES string of the molecule is CC1CN(C(=O)C2=CC=CC2)Cc2c(C(=O)Nc3cccc([C@H](C)O)c3)nn(Cc3ccc(F)cc3C#N)c21. The molecule has 3 aromatic rings. The number of allylic oxidation sites excluding steroid dienone is 3. The Morgan fingerprint density at radius 1 is 1.28 bits per heavy atom. The molecule has 5 rings (SSSR count). The van der Waals surface area contributed by atoms with Crippen LogP contribution in [0.5, 0.6) is 0 Å². The fourth-order valence-corrected chi connectivity index (χ4v) is 5.18. The van der Waals surface area contributed by atoms with E-state index in [1.165, 1.54) is 12.1 Å². The molecule has 1 aliphatic heterocycles. The van der Waals surface area contributed by atoms with Gasteiger partial charge in [-0.25, -0.2) is 4.39 Å². The van der Waals surface area contributed by atoms with Gasteiger partial charge in [0.15, 0.2) is 5.69 Å². The molecule has 0 fully saturated rings. The van der Waals surface area contributed by atoms with Crippen LogP contribution in [-0.4, -0.2) is 38.1 Å². The number of aliphatic hydroxyl groups excluding tert-OH is 1. The van der Waals surface area contributed by atoms with E-state index in [0.29, 0.717) is 40.9 Å². The van der Waals surface area contributed by atoms with Gasteiger partial charge in [0, 0.05) is 35.0 Å². The number of nitrogens with one attached hydrogen (secondary N) is 1. The molecule has 1 aromatic heterocycles. The molecule has 39 heavy (non-hydrogen) atoms. The zero-order valence-electron chi connectivity index (χ0n) is 21.7. The number of aromatic nitrogens is 2. The van der Waals surface area contributed by atoms with Gasteiger partial charge in [0.2, 0.25) is 5.91 Å². The Kier molecular flexibility index (Phi) is 7.13. The Bertz CT molecular complexity index is 1560. The van der Waals surface area contributed by atoms with E-state index in [1.54, 1.807) is 46.8 Å². The second kappa shape index (κ2) is 10.7. The third-order valence-electron chi connectivity index (χ3n) is 7.09. The molecule has 1 unspecified atom stereocenters. The minimum absolute atomic E-state index is 0.0773. The van der Waals surface area contributed by atoms with E-state index in [2.05, 4.69) is 10.4 Å². The highest BCUT2D eigenvalue weighted by Gasteiger charge is 2.35. The predicted octanol–water partition coefficient (Wildman–Crippen LogP) is 4.58. The summed E-state index contributed by atoms with van der Waals surface area (Å²) in [5.41, 5.74) is 4.25. The molecule has 2 heterocycles. The van der Waals surface area contributed by atoms with Crippen LogP contribution in [0, 0.1) is 17.1 Å². The minimum atomic E-state index is -0.696. The van der Waals surface area contributed by atoms with E-state index >= 15 is 0 Å². The van der Waals surface area contributed by atoms with Crippen LogP contribution in [0.25, 0.3) is 0 Å². The van der Waals surface area contributed by atoms with Crippen LogP contribution in [0.15, 0.2) is 66.3 Å². The van der Waals surface area contributed by atoms with E-state index in [-0.39, 0.29) is 36.2 Å². The van der Waals surface area contributed by atoms with Crippen molar-refractivity contribution in [3.8, 4) is 6.07 Å². The summed E-state index contributed by atoms with van der Waals surface area (Å²) in [5, 5.41) is 27.0. The molecule has 0 saturated carbocycles. The first-order valence-electron chi connectivity index (χ1n) is 12.8. The quantitative estimate of drug-likeness (QED) is 0.489. The van der Waals surface area contributed by atoms with Crippen LogP contribution in [0.3, 0.4) is 0 Å². The molecule has 198 valence electrons. The van der Waals surface area contributed by atoms with Crippen LogP contribution in [0.2, 0.25) is 0 Å². The number of hydrogen-bond donors (Lipinski definition) is 2. The fourth-order valence-electron chi connectivity index (χ4n) is 5.18. The molecule has 1 aliphatic carbocycles. The third kappa shape index (κ3) is 5.24. The van der Waals surface area contributed by atoms with Gasteiger partial charge in [-0.1, -0.05) is 43.4 Å². The van der Waals surface area contributed by atoms with Crippen LogP contribution in [-0.2, 0) is 17.9 Å². The Morgan fingerprint density at radius 3 is 2.82 bits per heavy atom. The van der Waals surface area contributed by atoms with Gasteiger partial charge in [-0.2, -0.15) is 10.4 Å². The molecule has 8 nitrogen and oxygen atoms in total. The molecule has 2 aromatic carbocycles. The number of carbonyl (C=O) groups is 2. The van der Waals surface area contributed by atoms with Crippen molar-refractivity contribution in [3.63, 3.8) is 0 Å². The van der Waals surface area contributed by atoms with Gasteiger partial charge in [0.25, 0.3) is 5.91 Å². The molecule has 2 atom stereocenters. The third-order valence-corrected chi connectivity index (χ3v) is 7.09. The summed E-state index contributed by atoms with van der Waals surface area (Å²) >= 11 is 0.